The molecule has 0 atom stereocenters. The zero-order valence-electron chi connectivity index (χ0n) is 16.9. The Labute approximate surface area is 173 Å². The highest BCUT2D eigenvalue weighted by Gasteiger charge is 2.30. The Morgan fingerprint density at radius 1 is 1.00 bits per heavy atom. The molecule has 154 valence electrons. The summed E-state index contributed by atoms with van der Waals surface area (Å²) < 4.78 is 14.4. The number of nitrogens with one attached hydrogen (secondary N) is 1. The Bertz CT molecular complexity index is 1160. The number of para-hydroxylation sites is 1. The number of hydrogen-bond acceptors (Lipinski definition) is 4. The number of anilines is 1. The molecule has 1 saturated heterocycles. The number of fused-ring (bicyclic) bond motifs is 1. The molecule has 30 heavy (non-hydrogen) atoms. The number of piperazine rings is 1. The fourth-order valence-electron chi connectivity index (χ4n) is 3.95. The minimum absolute atomic E-state index is 0.193. The lowest BCUT2D eigenvalue weighted by atomic mass is 10.1. The number of H-pyrrole nitrogens is 1. The molecule has 1 fully saturated rings. The number of ketones is 2. The molecule has 0 unspecified atom stereocenters. The van der Waals surface area contributed by atoms with Crippen molar-refractivity contribution >= 4 is 34.1 Å². The van der Waals surface area contributed by atoms with Gasteiger partial charge in [0.15, 0.2) is 5.78 Å². The summed E-state index contributed by atoms with van der Waals surface area (Å²) in [6.07, 6.45) is 0. The molecule has 0 saturated carbocycles. The molecular formula is C23H22FN3O3. The number of amides is 1. The van der Waals surface area contributed by atoms with Crippen LogP contribution in [0.1, 0.15) is 33.3 Å². The topological polar surface area (TPSA) is 73.5 Å². The molecule has 4 rings (SSSR count). The van der Waals surface area contributed by atoms with Crippen LogP contribution in [0.4, 0.5) is 10.1 Å². The highest BCUT2D eigenvalue weighted by molar-refractivity contribution is 6.45. The quantitative estimate of drug-likeness (QED) is 0.532. The van der Waals surface area contributed by atoms with Crippen molar-refractivity contribution in [3.05, 3.63) is 65.1 Å². The predicted octanol–water partition coefficient (Wildman–Crippen LogP) is 3.35. The van der Waals surface area contributed by atoms with Crippen LogP contribution in [0, 0.1) is 12.7 Å². The van der Waals surface area contributed by atoms with Gasteiger partial charge in [0.05, 0.1) is 11.3 Å². The molecule has 0 spiro atoms. The molecule has 2 heterocycles. The third-order valence-corrected chi connectivity index (χ3v) is 5.58. The van der Waals surface area contributed by atoms with E-state index in [-0.39, 0.29) is 5.78 Å². The fraction of sp³-hybridized carbons (Fsp3) is 0.261. The Balaban J connectivity index is 1.47. The van der Waals surface area contributed by atoms with Crippen molar-refractivity contribution in [1.82, 2.24) is 9.88 Å². The van der Waals surface area contributed by atoms with Crippen LogP contribution in [0.3, 0.4) is 0 Å². The largest absolute Gasteiger partial charge is 0.366 e. The van der Waals surface area contributed by atoms with Crippen LogP contribution in [0.15, 0.2) is 42.5 Å². The number of carbonyl (C=O) groups is 3. The van der Waals surface area contributed by atoms with Gasteiger partial charge in [-0.1, -0.05) is 18.2 Å². The van der Waals surface area contributed by atoms with E-state index >= 15 is 0 Å². The first-order valence-electron chi connectivity index (χ1n) is 9.83. The van der Waals surface area contributed by atoms with Crippen molar-refractivity contribution in [3.8, 4) is 0 Å². The van der Waals surface area contributed by atoms with E-state index in [1.165, 1.54) is 17.9 Å². The van der Waals surface area contributed by atoms with E-state index in [1.807, 2.05) is 29.2 Å². The van der Waals surface area contributed by atoms with Gasteiger partial charge in [0.25, 0.3) is 11.7 Å². The third kappa shape index (κ3) is 3.47. The van der Waals surface area contributed by atoms with Gasteiger partial charge in [-0.2, -0.15) is 0 Å². The average Bonchev–Trinajstić information content (AvgIpc) is 3.08. The molecule has 1 aromatic heterocycles. The highest BCUT2D eigenvalue weighted by atomic mass is 19.1. The number of aromatic nitrogens is 1. The van der Waals surface area contributed by atoms with Crippen LogP contribution < -0.4 is 4.90 Å². The fourth-order valence-corrected chi connectivity index (χ4v) is 3.95. The lowest BCUT2D eigenvalue weighted by molar-refractivity contribution is -0.126. The number of nitrogens with zero attached hydrogens (tertiary/aromatic N) is 2. The Morgan fingerprint density at radius 3 is 2.37 bits per heavy atom. The zero-order chi connectivity index (χ0) is 21.4. The summed E-state index contributed by atoms with van der Waals surface area (Å²) in [5, 5.41) is 0.736. The smallest absolute Gasteiger partial charge is 0.295 e. The molecule has 3 aromatic rings. The molecule has 7 heteroatoms. The van der Waals surface area contributed by atoms with Gasteiger partial charge in [-0.3, -0.25) is 14.4 Å². The SMILES string of the molecule is CC(=O)c1ccc(N2CCN(C(=O)C(=O)c3c(C)[nH]c4ccccc34)CC2)c(F)c1. The number of rotatable bonds is 4. The molecule has 1 amide bonds. The van der Waals surface area contributed by atoms with E-state index < -0.39 is 17.5 Å². The van der Waals surface area contributed by atoms with Crippen LogP contribution in [0.25, 0.3) is 10.9 Å². The number of aromatic amines is 1. The van der Waals surface area contributed by atoms with Crippen LogP contribution in [0.2, 0.25) is 0 Å². The van der Waals surface area contributed by atoms with Gasteiger partial charge >= 0.3 is 0 Å². The van der Waals surface area contributed by atoms with E-state index in [4.69, 9.17) is 0 Å². The van der Waals surface area contributed by atoms with Crippen molar-refractivity contribution in [2.75, 3.05) is 31.1 Å². The van der Waals surface area contributed by atoms with Crippen molar-refractivity contribution in [2.45, 2.75) is 13.8 Å². The summed E-state index contributed by atoms with van der Waals surface area (Å²) in [6.45, 7) is 4.63. The molecule has 1 N–H and O–H groups in total. The molecule has 1 aliphatic rings. The molecule has 2 aromatic carbocycles. The first kappa shape index (κ1) is 19.8. The second-order valence-electron chi connectivity index (χ2n) is 7.50. The number of aryl methyl sites for hydroxylation is 1. The van der Waals surface area contributed by atoms with Crippen molar-refractivity contribution in [1.29, 1.82) is 0 Å². The van der Waals surface area contributed by atoms with Gasteiger partial charge < -0.3 is 14.8 Å². The normalized spacial score (nSPS) is 14.2. The molecule has 6 nitrogen and oxygen atoms in total. The minimum Gasteiger partial charge on any atom is -0.366 e. The maximum Gasteiger partial charge on any atom is 0.295 e. The van der Waals surface area contributed by atoms with E-state index in [0.29, 0.717) is 48.7 Å². The Hall–Kier alpha value is -3.48. The summed E-state index contributed by atoms with van der Waals surface area (Å²) in [4.78, 5) is 43.7. The summed E-state index contributed by atoms with van der Waals surface area (Å²) >= 11 is 0. The van der Waals surface area contributed by atoms with Gasteiger partial charge in [0.1, 0.15) is 5.82 Å². The standard InChI is InChI=1S/C23H22FN3O3/c1-14-21(17-5-3-4-6-19(17)25-14)22(29)23(30)27-11-9-26(10-12-27)20-8-7-16(15(2)28)13-18(20)24/h3-8,13,25H,9-12H2,1-2H3. The second kappa shape index (κ2) is 7.74. The van der Waals surface area contributed by atoms with Gasteiger partial charge in [-0.15, -0.1) is 0 Å². The van der Waals surface area contributed by atoms with Crippen LogP contribution in [0.5, 0.6) is 0 Å². The average molecular weight is 407 g/mol. The van der Waals surface area contributed by atoms with Gasteiger partial charge in [-0.05, 0) is 38.1 Å². The maximum absolute atomic E-state index is 14.4. The lowest BCUT2D eigenvalue weighted by Gasteiger charge is -2.36. The van der Waals surface area contributed by atoms with Crippen LogP contribution in [-0.4, -0.2) is 53.5 Å². The van der Waals surface area contributed by atoms with E-state index in [0.717, 1.165) is 10.9 Å². The summed E-state index contributed by atoms with van der Waals surface area (Å²) in [6, 6.07) is 11.8. The van der Waals surface area contributed by atoms with E-state index in [2.05, 4.69) is 4.98 Å². The Kier molecular flexibility index (Phi) is 5.11. The first-order chi connectivity index (χ1) is 14.4. The van der Waals surface area contributed by atoms with Crippen LogP contribution >= 0.6 is 0 Å². The number of carbonyl (C=O) groups excluding carboxylic acids is 3. The van der Waals surface area contributed by atoms with Gasteiger partial charge in [0, 0.05) is 48.3 Å². The zero-order valence-corrected chi connectivity index (χ0v) is 16.9. The van der Waals surface area contributed by atoms with Crippen molar-refractivity contribution in [2.24, 2.45) is 0 Å². The molecule has 0 aliphatic carbocycles. The highest BCUT2D eigenvalue weighted by Crippen LogP contribution is 2.25. The number of hydrogen-bond donors (Lipinski definition) is 1. The minimum atomic E-state index is -0.546. The molecule has 0 bridgehead atoms. The molecule has 1 aliphatic heterocycles. The second-order valence-corrected chi connectivity index (χ2v) is 7.50. The number of benzene rings is 2. The Morgan fingerprint density at radius 2 is 1.70 bits per heavy atom. The third-order valence-electron chi connectivity index (χ3n) is 5.58. The van der Waals surface area contributed by atoms with E-state index in [9.17, 15) is 18.8 Å². The van der Waals surface area contributed by atoms with Crippen molar-refractivity contribution in [3.63, 3.8) is 0 Å². The summed E-state index contributed by atoms with van der Waals surface area (Å²) in [5.41, 5.74) is 2.61. The van der Waals surface area contributed by atoms with Gasteiger partial charge in [-0.25, -0.2) is 4.39 Å². The number of Topliss-reactive ketones (excluding diaryl/α,β-unsaturated/α-hetero) is 2. The summed E-state index contributed by atoms with van der Waals surface area (Å²) in [5.74, 6) is -1.74. The van der Waals surface area contributed by atoms with Crippen LogP contribution in [-0.2, 0) is 4.79 Å². The number of halogens is 1. The van der Waals surface area contributed by atoms with Gasteiger partial charge in [0.2, 0.25) is 0 Å². The van der Waals surface area contributed by atoms with E-state index in [1.54, 1.807) is 19.1 Å². The first-order valence-corrected chi connectivity index (χ1v) is 9.83. The predicted molar refractivity (Wildman–Crippen MR) is 113 cm³/mol. The molecular weight excluding hydrogens is 385 g/mol. The monoisotopic (exact) mass is 407 g/mol. The summed E-state index contributed by atoms with van der Waals surface area (Å²) in [7, 11) is 0. The molecule has 0 radical (unpaired) electrons. The maximum atomic E-state index is 14.4. The van der Waals surface area contributed by atoms with Crippen molar-refractivity contribution < 1.29 is 18.8 Å². The lowest BCUT2D eigenvalue weighted by Crippen LogP contribution is -2.51.